The molecule has 0 aliphatic carbocycles. The first-order valence-electron chi connectivity index (χ1n) is 29.8. The molecule has 0 heterocycles. The van der Waals surface area contributed by atoms with E-state index < -0.39 is 18.2 Å². The standard InChI is InChI=1S/C64H113NO5/c1-4-7-10-13-16-19-22-25-28-31-33-36-39-42-45-48-51-54-57-64(69)70-60(55-52-49-46-43-40-37-34-32-29-26-23-20-17-14-11-8-5-2)58-63(68)65-61(59-66)62(67)56-53-50-47-44-41-38-35-30-27-24-21-18-15-12-9-6-3/h17,20,22,25-26,28-29,31,33-34,36-37,43,46,60-62,66-67H,4-16,18-19,21,23-24,27,30,32,35,38-42,44-45,47-59H2,1-3H3,(H,65,68)/b20-17-,25-22+,29-26-,31-28+,36-33+,37-34-,46-43-. The van der Waals surface area contributed by atoms with Crippen molar-refractivity contribution >= 4 is 11.9 Å². The zero-order valence-electron chi connectivity index (χ0n) is 46.1. The Hall–Kier alpha value is -2.96. The van der Waals surface area contributed by atoms with Gasteiger partial charge in [0.05, 0.1) is 25.2 Å². The van der Waals surface area contributed by atoms with Crippen molar-refractivity contribution in [2.45, 2.75) is 302 Å². The summed E-state index contributed by atoms with van der Waals surface area (Å²) in [5.74, 6) is -0.548. The molecular weight excluding hydrogens is 863 g/mol. The summed E-state index contributed by atoms with van der Waals surface area (Å²) in [6.45, 7) is 6.44. The van der Waals surface area contributed by atoms with E-state index >= 15 is 0 Å². The molecule has 0 bridgehead atoms. The van der Waals surface area contributed by atoms with E-state index in [0.29, 0.717) is 19.3 Å². The summed E-state index contributed by atoms with van der Waals surface area (Å²) >= 11 is 0. The van der Waals surface area contributed by atoms with Crippen LogP contribution in [0.15, 0.2) is 85.1 Å². The second kappa shape index (κ2) is 56.9. The zero-order valence-corrected chi connectivity index (χ0v) is 46.1. The maximum Gasteiger partial charge on any atom is 0.306 e. The van der Waals surface area contributed by atoms with Gasteiger partial charge in [-0.05, 0) is 89.9 Å². The predicted molar refractivity (Wildman–Crippen MR) is 305 cm³/mol. The van der Waals surface area contributed by atoms with Gasteiger partial charge in [0.2, 0.25) is 5.91 Å². The Kier molecular flexibility index (Phi) is 54.5. The number of unbranched alkanes of at least 4 members (excludes halogenated alkanes) is 29. The van der Waals surface area contributed by atoms with E-state index in [1.807, 2.05) is 0 Å². The molecule has 0 aromatic carbocycles. The van der Waals surface area contributed by atoms with E-state index in [9.17, 15) is 19.8 Å². The molecule has 3 N–H and O–H groups in total. The molecule has 0 saturated heterocycles. The van der Waals surface area contributed by atoms with Crippen molar-refractivity contribution in [3.8, 4) is 0 Å². The molecule has 6 nitrogen and oxygen atoms in total. The first-order chi connectivity index (χ1) is 34.5. The zero-order chi connectivity index (χ0) is 50.9. The molecule has 0 aromatic heterocycles. The largest absolute Gasteiger partial charge is 0.462 e. The predicted octanol–water partition coefficient (Wildman–Crippen LogP) is 18.7. The minimum absolute atomic E-state index is 0.0285. The number of nitrogens with one attached hydrogen (secondary N) is 1. The first-order valence-corrected chi connectivity index (χ1v) is 29.8. The van der Waals surface area contributed by atoms with Gasteiger partial charge in [0, 0.05) is 6.42 Å². The van der Waals surface area contributed by atoms with Crippen LogP contribution in [0.1, 0.15) is 284 Å². The molecule has 0 saturated carbocycles. The molecule has 1 amide bonds. The highest BCUT2D eigenvalue weighted by Gasteiger charge is 2.24. The van der Waals surface area contributed by atoms with Gasteiger partial charge in [-0.15, -0.1) is 0 Å². The Bertz CT molecular complexity index is 1330. The third kappa shape index (κ3) is 51.4. The number of aliphatic hydroxyl groups excluding tert-OH is 2. The number of rotatable bonds is 53. The van der Waals surface area contributed by atoms with Gasteiger partial charge in [-0.3, -0.25) is 9.59 Å². The van der Waals surface area contributed by atoms with Crippen molar-refractivity contribution in [3.05, 3.63) is 85.1 Å². The Morgan fingerprint density at radius 2 is 0.800 bits per heavy atom. The Morgan fingerprint density at radius 3 is 1.27 bits per heavy atom. The van der Waals surface area contributed by atoms with Crippen LogP contribution in [0.3, 0.4) is 0 Å². The molecule has 3 atom stereocenters. The monoisotopic (exact) mass is 976 g/mol. The third-order valence-electron chi connectivity index (χ3n) is 13.3. The molecule has 6 heteroatoms. The lowest BCUT2D eigenvalue weighted by Gasteiger charge is -2.24. The van der Waals surface area contributed by atoms with Crippen LogP contribution in [-0.2, 0) is 14.3 Å². The molecular formula is C64H113NO5. The van der Waals surface area contributed by atoms with Gasteiger partial charge in [0.15, 0.2) is 0 Å². The minimum Gasteiger partial charge on any atom is -0.462 e. The van der Waals surface area contributed by atoms with E-state index in [1.165, 1.54) is 141 Å². The third-order valence-corrected chi connectivity index (χ3v) is 13.3. The van der Waals surface area contributed by atoms with Gasteiger partial charge in [-0.1, -0.05) is 266 Å². The fourth-order valence-electron chi connectivity index (χ4n) is 8.72. The summed E-state index contributed by atoms with van der Waals surface area (Å²) in [4.78, 5) is 26.3. The first kappa shape index (κ1) is 67.0. The van der Waals surface area contributed by atoms with Crippen molar-refractivity contribution in [1.29, 1.82) is 0 Å². The van der Waals surface area contributed by atoms with Crippen molar-refractivity contribution in [2.24, 2.45) is 0 Å². The van der Waals surface area contributed by atoms with Gasteiger partial charge < -0.3 is 20.3 Å². The summed E-state index contributed by atoms with van der Waals surface area (Å²) in [6, 6.07) is -0.729. The molecule has 0 spiro atoms. The van der Waals surface area contributed by atoms with Gasteiger partial charge in [-0.2, -0.15) is 0 Å². The minimum atomic E-state index is -0.811. The summed E-state index contributed by atoms with van der Waals surface area (Å²) in [5.41, 5.74) is 0. The second-order valence-electron chi connectivity index (χ2n) is 20.1. The Morgan fingerprint density at radius 1 is 0.429 bits per heavy atom. The van der Waals surface area contributed by atoms with Crippen LogP contribution in [0.4, 0.5) is 0 Å². The number of aliphatic hydroxyl groups is 2. The fraction of sp³-hybridized carbons (Fsp3) is 0.750. The summed E-state index contributed by atoms with van der Waals surface area (Å²) in [6.07, 6.45) is 75.0. The summed E-state index contributed by atoms with van der Waals surface area (Å²) in [5, 5.41) is 23.9. The molecule has 0 aliphatic rings. The number of carbonyl (C=O) groups excluding carboxylic acids is 2. The molecule has 0 rings (SSSR count). The smallest absolute Gasteiger partial charge is 0.306 e. The molecule has 3 unspecified atom stereocenters. The summed E-state index contributed by atoms with van der Waals surface area (Å²) in [7, 11) is 0. The van der Waals surface area contributed by atoms with Crippen molar-refractivity contribution in [2.75, 3.05) is 6.61 Å². The number of ether oxygens (including phenoxy) is 1. The molecule has 0 radical (unpaired) electrons. The normalized spacial score (nSPS) is 13.7. The van der Waals surface area contributed by atoms with Crippen molar-refractivity contribution < 1.29 is 24.5 Å². The molecule has 0 aromatic rings. The molecule has 0 fully saturated rings. The van der Waals surface area contributed by atoms with E-state index in [0.717, 1.165) is 96.3 Å². The van der Waals surface area contributed by atoms with Crippen LogP contribution in [0.5, 0.6) is 0 Å². The van der Waals surface area contributed by atoms with E-state index in [4.69, 9.17) is 4.74 Å². The lowest BCUT2D eigenvalue weighted by Crippen LogP contribution is -2.46. The van der Waals surface area contributed by atoms with Crippen LogP contribution in [0, 0.1) is 0 Å². The second-order valence-corrected chi connectivity index (χ2v) is 20.1. The highest BCUT2D eigenvalue weighted by atomic mass is 16.5. The maximum atomic E-state index is 13.3. The number of hydrogen-bond donors (Lipinski definition) is 3. The Balaban J connectivity index is 4.70. The number of amides is 1. The van der Waals surface area contributed by atoms with Gasteiger partial charge >= 0.3 is 5.97 Å². The Labute approximate surface area is 433 Å². The van der Waals surface area contributed by atoms with Crippen LogP contribution in [0.2, 0.25) is 0 Å². The van der Waals surface area contributed by atoms with Gasteiger partial charge in [0.1, 0.15) is 6.10 Å². The fourth-order valence-corrected chi connectivity index (χ4v) is 8.72. The quantitative estimate of drug-likeness (QED) is 0.0244. The maximum absolute atomic E-state index is 13.3. The lowest BCUT2D eigenvalue weighted by atomic mass is 10.0. The van der Waals surface area contributed by atoms with Crippen LogP contribution >= 0.6 is 0 Å². The van der Waals surface area contributed by atoms with Crippen LogP contribution < -0.4 is 5.32 Å². The topological polar surface area (TPSA) is 95.9 Å². The molecule has 70 heavy (non-hydrogen) atoms. The highest BCUT2D eigenvalue weighted by Crippen LogP contribution is 2.17. The van der Waals surface area contributed by atoms with E-state index in [1.54, 1.807) is 0 Å². The van der Waals surface area contributed by atoms with Crippen LogP contribution in [0.25, 0.3) is 0 Å². The highest BCUT2D eigenvalue weighted by molar-refractivity contribution is 5.77. The molecule has 404 valence electrons. The average molecular weight is 977 g/mol. The SMILES string of the molecule is CCCCC/C=C\C/C=C\C/C=C\C/C=C\CCCC(CC(=O)NC(CO)C(O)CCCCCCCCCCCCCCCCCC)OC(=O)CCCCCCC/C=C/C=C/C=C/CCCCCCC. The average Bonchev–Trinajstić information content (AvgIpc) is 3.35. The van der Waals surface area contributed by atoms with Crippen LogP contribution in [-0.4, -0.2) is 46.9 Å². The lowest BCUT2D eigenvalue weighted by molar-refractivity contribution is -0.151. The van der Waals surface area contributed by atoms with E-state index in [2.05, 4.69) is 111 Å². The van der Waals surface area contributed by atoms with E-state index in [-0.39, 0.29) is 24.9 Å². The van der Waals surface area contributed by atoms with Crippen molar-refractivity contribution in [1.82, 2.24) is 5.32 Å². The number of carbonyl (C=O) groups is 2. The van der Waals surface area contributed by atoms with Gasteiger partial charge in [0.25, 0.3) is 0 Å². The summed E-state index contributed by atoms with van der Waals surface area (Å²) < 4.78 is 5.93. The van der Waals surface area contributed by atoms with Gasteiger partial charge in [-0.25, -0.2) is 0 Å². The molecule has 0 aliphatic heterocycles. The number of esters is 1. The number of allylic oxidation sites excluding steroid dienone is 14. The number of hydrogen-bond acceptors (Lipinski definition) is 5. The van der Waals surface area contributed by atoms with Crippen molar-refractivity contribution in [3.63, 3.8) is 0 Å².